The molecule has 0 spiro atoms. The molecule has 0 radical (unpaired) electrons. The quantitative estimate of drug-likeness (QED) is 0.616. The van der Waals surface area contributed by atoms with Gasteiger partial charge in [0.05, 0.1) is 11.6 Å². The highest BCUT2D eigenvalue weighted by Crippen LogP contribution is 2.19. The van der Waals surface area contributed by atoms with E-state index in [1.165, 1.54) is 14.0 Å². The van der Waals surface area contributed by atoms with E-state index in [-0.39, 0.29) is 5.78 Å². The summed E-state index contributed by atoms with van der Waals surface area (Å²) in [4.78, 5) is 25.9. The van der Waals surface area contributed by atoms with Gasteiger partial charge in [0, 0.05) is 12.6 Å². The zero-order valence-corrected chi connectivity index (χ0v) is 14.4. The minimum Gasteiger partial charge on any atom is -0.331 e. The van der Waals surface area contributed by atoms with Crippen LogP contribution < -0.4 is 0 Å². The fourth-order valence-electron chi connectivity index (χ4n) is 2.37. The van der Waals surface area contributed by atoms with Crippen LogP contribution in [0, 0.1) is 31.3 Å². The molecule has 0 aromatic heterocycles. The number of rotatable bonds is 4. The van der Waals surface area contributed by atoms with Crippen molar-refractivity contribution in [3.05, 3.63) is 70.0 Å². The van der Waals surface area contributed by atoms with Crippen LogP contribution in [0.1, 0.15) is 38.8 Å². The molecule has 0 aliphatic carbocycles. The Labute approximate surface area is 144 Å². The summed E-state index contributed by atoms with van der Waals surface area (Å²) in [6, 6.07) is 5.80. The van der Waals surface area contributed by atoms with Gasteiger partial charge in [0.2, 0.25) is 0 Å². The van der Waals surface area contributed by atoms with Gasteiger partial charge in [-0.05, 0) is 50.1 Å². The summed E-state index contributed by atoms with van der Waals surface area (Å²) in [5, 5.41) is 0. The molecule has 0 aliphatic heterocycles. The molecule has 0 heterocycles. The van der Waals surface area contributed by atoms with E-state index in [2.05, 4.69) is 0 Å². The van der Waals surface area contributed by atoms with Gasteiger partial charge in [-0.15, -0.1) is 0 Å². The first-order valence-corrected chi connectivity index (χ1v) is 7.67. The number of likely N-dealkylation sites (N-methyl/N-ethyl adjacent to an activating group) is 1. The summed E-state index contributed by atoms with van der Waals surface area (Å²) in [6.45, 7) is 5.27. The Hall–Kier alpha value is -2.63. The second-order valence-corrected chi connectivity index (χ2v) is 5.98. The number of halogens is 3. The zero-order valence-electron chi connectivity index (χ0n) is 14.4. The Kier molecular flexibility index (Phi) is 5.30. The van der Waals surface area contributed by atoms with Crippen LogP contribution in [0.25, 0.3) is 0 Å². The van der Waals surface area contributed by atoms with Crippen LogP contribution >= 0.6 is 0 Å². The molecule has 0 aliphatic rings. The van der Waals surface area contributed by atoms with E-state index < -0.39 is 35.0 Å². The van der Waals surface area contributed by atoms with E-state index in [0.29, 0.717) is 11.6 Å². The van der Waals surface area contributed by atoms with Crippen LogP contribution in [0.5, 0.6) is 0 Å². The highest BCUT2D eigenvalue weighted by molar-refractivity contribution is 6.04. The van der Waals surface area contributed by atoms with Crippen molar-refractivity contribution in [2.24, 2.45) is 0 Å². The van der Waals surface area contributed by atoms with Gasteiger partial charge in [0.1, 0.15) is 0 Å². The van der Waals surface area contributed by atoms with Gasteiger partial charge in [0.25, 0.3) is 5.91 Å². The number of hydrogen-bond acceptors (Lipinski definition) is 2. The number of aryl methyl sites for hydroxylation is 2. The number of ketones is 1. The molecule has 0 saturated carbocycles. The predicted molar refractivity (Wildman–Crippen MR) is 88.1 cm³/mol. The smallest absolute Gasteiger partial charge is 0.257 e. The van der Waals surface area contributed by atoms with Gasteiger partial charge in [-0.3, -0.25) is 9.59 Å². The summed E-state index contributed by atoms with van der Waals surface area (Å²) in [5.41, 5.74) is 1.75. The monoisotopic (exact) mass is 349 g/mol. The van der Waals surface area contributed by atoms with E-state index >= 15 is 0 Å². The number of benzene rings is 2. The largest absolute Gasteiger partial charge is 0.331 e. The molecule has 1 amide bonds. The number of carbonyl (C=O) groups is 2. The molecule has 132 valence electrons. The lowest BCUT2D eigenvalue weighted by molar-refractivity contribution is 0.0670. The van der Waals surface area contributed by atoms with Crippen molar-refractivity contribution < 1.29 is 22.8 Å². The number of Topliss-reactive ketones (excluding diaryl/α,β-unsaturated/α-hetero) is 1. The third-order valence-electron chi connectivity index (χ3n) is 4.34. The highest BCUT2D eigenvalue weighted by Gasteiger charge is 2.28. The maximum Gasteiger partial charge on any atom is 0.257 e. The van der Waals surface area contributed by atoms with Crippen molar-refractivity contribution in [1.29, 1.82) is 0 Å². The molecule has 2 aromatic rings. The maximum absolute atomic E-state index is 13.8. The molecule has 6 heteroatoms. The number of hydrogen-bond donors (Lipinski definition) is 0. The van der Waals surface area contributed by atoms with Gasteiger partial charge < -0.3 is 4.90 Å². The third kappa shape index (κ3) is 3.57. The van der Waals surface area contributed by atoms with Crippen molar-refractivity contribution in [2.75, 3.05) is 7.05 Å². The Balaban J connectivity index is 2.28. The lowest BCUT2D eigenvalue weighted by atomic mass is 9.99. The van der Waals surface area contributed by atoms with Gasteiger partial charge >= 0.3 is 0 Å². The summed E-state index contributed by atoms with van der Waals surface area (Å²) in [6.07, 6.45) is 0. The summed E-state index contributed by atoms with van der Waals surface area (Å²) in [7, 11) is 1.31. The van der Waals surface area contributed by atoms with E-state index in [9.17, 15) is 22.8 Å². The maximum atomic E-state index is 13.8. The summed E-state index contributed by atoms with van der Waals surface area (Å²) >= 11 is 0. The van der Waals surface area contributed by atoms with Gasteiger partial charge in [-0.2, -0.15) is 0 Å². The van der Waals surface area contributed by atoms with Crippen molar-refractivity contribution in [3.63, 3.8) is 0 Å². The number of carbonyl (C=O) groups excluding carboxylic acids is 2. The Morgan fingerprint density at radius 3 is 2.20 bits per heavy atom. The standard InChI is InChI=1S/C19H18F3NO2/c1-10-5-6-13(9-11(10)2)18(24)12(3)23(4)19(25)14-7-8-15(20)17(22)16(14)21/h5-9,12H,1-4H3. The average molecular weight is 349 g/mol. The Bertz CT molecular complexity index is 849. The minimum absolute atomic E-state index is 0.332. The van der Waals surface area contributed by atoms with Crippen molar-refractivity contribution in [3.8, 4) is 0 Å². The van der Waals surface area contributed by atoms with Gasteiger partial charge in [-0.1, -0.05) is 12.1 Å². The van der Waals surface area contributed by atoms with Crippen LogP contribution in [-0.2, 0) is 0 Å². The molecule has 2 rings (SSSR count). The molecule has 2 aromatic carbocycles. The Morgan fingerprint density at radius 1 is 0.960 bits per heavy atom. The molecule has 0 N–H and O–H groups in total. The molecule has 0 saturated heterocycles. The molecule has 1 unspecified atom stereocenters. The summed E-state index contributed by atoms with van der Waals surface area (Å²) < 4.78 is 40.2. The predicted octanol–water partition coefficient (Wildman–Crippen LogP) is 4.06. The van der Waals surface area contributed by atoms with Gasteiger partial charge in [0.15, 0.2) is 23.2 Å². The molecule has 0 bridgehead atoms. The van der Waals surface area contributed by atoms with E-state index in [1.807, 2.05) is 13.8 Å². The van der Waals surface area contributed by atoms with Crippen LogP contribution in [-0.4, -0.2) is 29.7 Å². The first kappa shape index (κ1) is 18.7. The molecular weight excluding hydrogens is 331 g/mol. The SMILES string of the molecule is Cc1ccc(C(=O)C(C)N(C)C(=O)c2ccc(F)c(F)c2F)cc1C. The topological polar surface area (TPSA) is 37.4 Å². The third-order valence-corrected chi connectivity index (χ3v) is 4.34. The number of amides is 1. The molecular formula is C19H18F3NO2. The normalized spacial score (nSPS) is 12.0. The Morgan fingerprint density at radius 2 is 1.60 bits per heavy atom. The first-order chi connectivity index (χ1) is 11.6. The molecule has 0 fully saturated rings. The van der Waals surface area contributed by atoms with Crippen molar-refractivity contribution >= 4 is 11.7 Å². The van der Waals surface area contributed by atoms with E-state index in [0.717, 1.165) is 22.1 Å². The van der Waals surface area contributed by atoms with Crippen molar-refractivity contribution in [2.45, 2.75) is 26.8 Å². The second-order valence-electron chi connectivity index (χ2n) is 5.98. The van der Waals surface area contributed by atoms with E-state index in [1.54, 1.807) is 18.2 Å². The van der Waals surface area contributed by atoms with Crippen LogP contribution in [0.4, 0.5) is 13.2 Å². The average Bonchev–Trinajstić information content (AvgIpc) is 2.59. The van der Waals surface area contributed by atoms with Crippen molar-refractivity contribution in [1.82, 2.24) is 4.90 Å². The fourth-order valence-corrected chi connectivity index (χ4v) is 2.37. The zero-order chi connectivity index (χ0) is 18.9. The number of nitrogens with zero attached hydrogens (tertiary/aromatic N) is 1. The minimum atomic E-state index is -1.72. The second kappa shape index (κ2) is 7.09. The fraction of sp³-hybridized carbons (Fsp3) is 0.263. The van der Waals surface area contributed by atoms with Crippen LogP contribution in [0.15, 0.2) is 30.3 Å². The highest BCUT2D eigenvalue weighted by atomic mass is 19.2. The van der Waals surface area contributed by atoms with Gasteiger partial charge in [-0.25, -0.2) is 13.2 Å². The lowest BCUT2D eigenvalue weighted by Gasteiger charge is -2.24. The first-order valence-electron chi connectivity index (χ1n) is 7.67. The van der Waals surface area contributed by atoms with Crippen LogP contribution in [0.2, 0.25) is 0 Å². The van der Waals surface area contributed by atoms with Crippen LogP contribution in [0.3, 0.4) is 0 Å². The molecule has 25 heavy (non-hydrogen) atoms. The molecule has 1 atom stereocenters. The van der Waals surface area contributed by atoms with E-state index in [4.69, 9.17) is 0 Å². The lowest BCUT2D eigenvalue weighted by Crippen LogP contribution is -2.40. The summed E-state index contributed by atoms with van der Waals surface area (Å²) in [5.74, 6) is -5.89. The molecule has 3 nitrogen and oxygen atoms in total.